The van der Waals surface area contributed by atoms with Gasteiger partial charge in [-0.1, -0.05) is 0 Å². The van der Waals surface area contributed by atoms with Gasteiger partial charge in [0, 0.05) is 24.1 Å². The number of rotatable bonds is 2. The molecule has 0 unspecified atom stereocenters. The smallest absolute Gasteiger partial charge is 0.478 e. The highest BCUT2D eigenvalue weighted by atomic mass is 19.4. The van der Waals surface area contributed by atoms with Gasteiger partial charge in [0.25, 0.3) is 0 Å². The molecule has 18 heavy (non-hydrogen) atoms. The molecule has 96 valence electrons. The average Bonchev–Trinajstić information content (AvgIpc) is 2.53. The van der Waals surface area contributed by atoms with Gasteiger partial charge in [0.2, 0.25) is 0 Å². The topological polar surface area (TPSA) is 51.5 Å². The van der Waals surface area contributed by atoms with E-state index in [1.165, 1.54) is 16.8 Å². The van der Waals surface area contributed by atoms with E-state index in [1.54, 1.807) is 7.05 Å². The minimum Gasteiger partial charge on any atom is -0.478 e. The van der Waals surface area contributed by atoms with Crippen LogP contribution < -0.4 is 4.74 Å². The minimum atomic E-state index is -4.80. The minimum absolute atomic E-state index is 0.0693. The molecular formula is C11H8F3NO3. The zero-order chi connectivity index (χ0) is 13.5. The number of carboxylic acids is 1. The summed E-state index contributed by atoms with van der Waals surface area (Å²) in [5, 5.41) is 9.14. The first kappa shape index (κ1) is 12.3. The normalized spacial score (nSPS) is 11.8. The van der Waals surface area contributed by atoms with E-state index in [0.29, 0.717) is 5.52 Å². The Morgan fingerprint density at radius 2 is 2.06 bits per heavy atom. The lowest BCUT2D eigenvalue weighted by Crippen LogP contribution is -2.17. The molecule has 0 radical (unpaired) electrons. The summed E-state index contributed by atoms with van der Waals surface area (Å²) in [6.07, 6.45) is -3.46. The van der Waals surface area contributed by atoms with E-state index in [-0.39, 0.29) is 10.9 Å². The molecule has 0 amide bonds. The molecule has 1 aromatic heterocycles. The second-order valence-corrected chi connectivity index (χ2v) is 3.69. The van der Waals surface area contributed by atoms with Gasteiger partial charge in [-0.25, -0.2) is 4.79 Å². The van der Waals surface area contributed by atoms with Gasteiger partial charge in [0.1, 0.15) is 5.75 Å². The lowest BCUT2D eigenvalue weighted by Gasteiger charge is -2.08. The number of aryl methyl sites for hydroxylation is 1. The fraction of sp³-hybridized carbons (Fsp3) is 0.182. The maximum atomic E-state index is 12.1. The largest absolute Gasteiger partial charge is 0.573 e. The Bertz CT molecular complexity index is 616. The zero-order valence-corrected chi connectivity index (χ0v) is 9.15. The number of hydrogen-bond acceptors (Lipinski definition) is 2. The van der Waals surface area contributed by atoms with Gasteiger partial charge in [-0.05, 0) is 18.2 Å². The summed E-state index contributed by atoms with van der Waals surface area (Å²) in [6.45, 7) is 0. The molecule has 0 aliphatic rings. The molecular weight excluding hydrogens is 251 g/mol. The van der Waals surface area contributed by atoms with Crippen LogP contribution in [-0.4, -0.2) is 22.0 Å². The molecule has 7 heteroatoms. The van der Waals surface area contributed by atoms with Crippen molar-refractivity contribution in [2.45, 2.75) is 6.36 Å². The summed E-state index contributed by atoms with van der Waals surface area (Å²) in [4.78, 5) is 10.9. The van der Waals surface area contributed by atoms with Gasteiger partial charge in [0.15, 0.2) is 0 Å². The van der Waals surface area contributed by atoms with E-state index >= 15 is 0 Å². The summed E-state index contributed by atoms with van der Waals surface area (Å²) in [7, 11) is 1.61. The zero-order valence-electron chi connectivity index (χ0n) is 9.15. The van der Waals surface area contributed by atoms with Gasteiger partial charge >= 0.3 is 12.3 Å². The third-order valence-corrected chi connectivity index (χ3v) is 2.42. The first-order chi connectivity index (χ1) is 8.28. The predicted molar refractivity (Wildman–Crippen MR) is 56.6 cm³/mol. The number of hydrogen-bond donors (Lipinski definition) is 1. The number of halogens is 3. The number of fused-ring (bicyclic) bond motifs is 1. The molecule has 2 aromatic rings. The highest BCUT2D eigenvalue weighted by Crippen LogP contribution is 2.29. The highest BCUT2D eigenvalue weighted by molar-refractivity contribution is 6.03. The van der Waals surface area contributed by atoms with Crippen molar-refractivity contribution in [1.29, 1.82) is 0 Å². The Morgan fingerprint density at radius 1 is 1.39 bits per heavy atom. The van der Waals surface area contributed by atoms with E-state index in [2.05, 4.69) is 4.74 Å². The molecule has 0 atom stereocenters. The first-order valence-electron chi connectivity index (χ1n) is 4.86. The quantitative estimate of drug-likeness (QED) is 0.902. The van der Waals surface area contributed by atoms with E-state index in [9.17, 15) is 18.0 Å². The molecule has 0 aliphatic heterocycles. The molecule has 0 fully saturated rings. The van der Waals surface area contributed by atoms with Crippen LogP contribution in [0.5, 0.6) is 5.75 Å². The lowest BCUT2D eigenvalue weighted by atomic mass is 10.1. The summed E-state index contributed by atoms with van der Waals surface area (Å²) in [5.41, 5.74) is 0.446. The van der Waals surface area contributed by atoms with Crippen LogP contribution in [0.4, 0.5) is 13.2 Å². The Balaban J connectivity index is 2.56. The van der Waals surface area contributed by atoms with Crippen molar-refractivity contribution in [2.24, 2.45) is 7.05 Å². The average molecular weight is 259 g/mol. The molecule has 0 saturated carbocycles. The molecule has 1 N–H and O–H groups in total. The van der Waals surface area contributed by atoms with E-state index in [1.807, 2.05) is 0 Å². The van der Waals surface area contributed by atoms with Crippen LogP contribution in [0, 0.1) is 0 Å². The summed E-state index contributed by atoms with van der Waals surface area (Å²) >= 11 is 0. The highest BCUT2D eigenvalue weighted by Gasteiger charge is 2.31. The number of aromatic carboxylic acids is 1. The Morgan fingerprint density at radius 3 is 2.61 bits per heavy atom. The molecule has 1 heterocycles. The van der Waals surface area contributed by atoms with Gasteiger partial charge in [-0.3, -0.25) is 0 Å². The molecule has 1 aromatic carbocycles. The maximum absolute atomic E-state index is 12.1. The van der Waals surface area contributed by atoms with Gasteiger partial charge in [-0.15, -0.1) is 13.2 Å². The van der Waals surface area contributed by atoms with Gasteiger partial charge in [0.05, 0.1) is 5.56 Å². The van der Waals surface area contributed by atoms with E-state index in [4.69, 9.17) is 5.11 Å². The number of carbonyl (C=O) groups is 1. The number of carboxylic acid groups (broad SMARTS) is 1. The van der Waals surface area contributed by atoms with Crippen LogP contribution in [0.3, 0.4) is 0 Å². The number of benzene rings is 1. The standard InChI is InChI=1S/C11H8F3NO3/c1-15-5-8(10(16)17)7-4-6(2-3-9(7)15)18-11(12,13)14/h2-5H,1H3,(H,16,17). The van der Waals surface area contributed by atoms with Crippen LogP contribution >= 0.6 is 0 Å². The van der Waals surface area contributed by atoms with Crippen LogP contribution in [-0.2, 0) is 7.05 Å². The van der Waals surface area contributed by atoms with Crippen molar-refractivity contribution in [1.82, 2.24) is 4.57 Å². The van der Waals surface area contributed by atoms with Crippen LogP contribution in [0.15, 0.2) is 24.4 Å². The molecule has 2 rings (SSSR count). The third kappa shape index (κ3) is 2.24. The summed E-state index contributed by atoms with van der Waals surface area (Å²) < 4.78 is 41.5. The lowest BCUT2D eigenvalue weighted by molar-refractivity contribution is -0.274. The van der Waals surface area contributed by atoms with Crippen molar-refractivity contribution < 1.29 is 27.8 Å². The predicted octanol–water partition coefficient (Wildman–Crippen LogP) is 2.78. The SMILES string of the molecule is Cn1cc(C(=O)O)c2cc(OC(F)(F)F)ccc21. The second-order valence-electron chi connectivity index (χ2n) is 3.69. The van der Waals surface area contributed by atoms with Crippen molar-refractivity contribution in [3.05, 3.63) is 30.0 Å². The first-order valence-corrected chi connectivity index (χ1v) is 4.86. The van der Waals surface area contributed by atoms with Crippen molar-refractivity contribution in [3.63, 3.8) is 0 Å². The Kier molecular flexibility index (Phi) is 2.68. The van der Waals surface area contributed by atoms with E-state index < -0.39 is 18.1 Å². The molecule has 0 bridgehead atoms. The van der Waals surface area contributed by atoms with Crippen LogP contribution in [0.25, 0.3) is 10.9 Å². The summed E-state index contributed by atoms with van der Waals surface area (Å²) in [5.74, 6) is -1.64. The van der Waals surface area contributed by atoms with Gasteiger partial charge < -0.3 is 14.4 Å². The number of aromatic nitrogens is 1. The fourth-order valence-electron chi connectivity index (χ4n) is 1.74. The van der Waals surface area contributed by atoms with Crippen molar-refractivity contribution in [2.75, 3.05) is 0 Å². The van der Waals surface area contributed by atoms with E-state index in [0.717, 1.165) is 12.1 Å². The van der Waals surface area contributed by atoms with Gasteiger partial charge in [-0.2, -0.15) is 0 Å². The number of nitrogens with zero attached hydrogens (tertiary/aromatic N) is 1. The monoisotopic (exact) mass is 259 g/mol. The Hall–Kier alpha value is -2.18. The number of alkyl halides is 3. The molecule has 0 aliphatic carbocycles. The maximum Gasteiger partial charge on any atom is 0.573 e. The van der Waals surface area contributed by atoms with Crippen LogP contribution in [0.1, 0.15) is 10.4 Å². The van der Waals surface area contributed by atoms with Crippen molar-refractivity contribution >= 4 is 16.9 Å². The third-order valence-electron chi connectivity index (χ3n) is 2.42. The molecule has 0 spiro atoms. The molecule has 4 nitrogen and oxygen atoms in total. The molecule has 0 saturated heterocycles. The number of ether oxygens (including phenoxy) is 1. The second kappa shape index (κ2) is 3.94. The summed E-state index contributed by atoms with van der Waals surface area (Å²) in [6, 6.07) is 3.58. The fourth-order valence-corrected chi connectivity index (χ4v) is 1.74. The van der Waals surface area contributed by atoms with Crippen molar-refractivity contribution in [3.8, 4) is 5.75 Å². The Labute approximate surface area is 99.2 Å². The van der Waals surface area contributed by atoms with Crippen LogP contribution in [0.2, 0.25) is 0 Å².